The average molecular weight is 348 g/mol. The van der Waals surface area contributed by atoms with Crippen molar-refractivity contribution in [3.63, 3.8) is 0 Å². The Morgan fingerprint density at radius 2 is 1.62 bits per heavy atom. The summed E-state index contributed by atoms with van der Waals surface area (Å²) >= 11 is 0. The first-order valence-electron chi connectivity index (χ1n) is 9.17. The van der Waals surface area contributed by atoms with E-state index in [1.807, 2.05) is 12.1 Å². The van der Waals surface area contributed by atoms with Crippen molar-refractivity contribution in [2.24, 2.45) is 5.41 Å². The lowest BCUT2D eigenvalue weighted by Gasteiger charge is -2.43. The molecule has 0 amide bonds. The highest BCUT2D eigenvalue weighted by Crippen LogP contribution is 2.46. The van der Waals surface area contributed by atoms with Gasteiger partial charge in [0.05, 0.1) is 5.56 Å². The summed E-state index contributed by atoms with van der Waals surface area (Å²) in [6.07, 6.45) is 2.26. The molecule has 0 saturated carbocycles. The van der Waals surface area contributed by atoms with Gasteiger partial charge in [-0.15, -0.1) is 0 Å². The maximum Gasteiger partial charge on any atom is 0.335 e. The zero-order valence-electron chi connectivity index (χ0n) is 16.4. The van der Waals surface area contributed by atoms with E-state index in [4.69, 9.17) is 5.11 Å². The van der Waals surface area contributed by atoms with Crippen LogP contribution in [0.3, 0.4) is 0 Å². The van der Waals surface area contributed by atoms with E-state index >= 15 is 0 Å². The monoisotopic (exact) mass is 348 g/mol. The SMILES string of the molecule is C=C(c1ccc(C(=O)O)cc1)c1cc2c(cc1C)C(C)(C)CC(C)(C)C2. The van der Waals surface area contributed by atoms with Crippen LogP contribution in [0.4, 0.5) is 0 Å². The Morgan fingerprint density at radius 1 is 1.04 bits per heavy atom. The maximum absolute atomic E-state index is 11.1. The Labute approximate surface area is 156 Å². The number of carbonyl (C=O) groups is 1. The number of aryl methyl sites for hydroxylation is 1. The smallest absolute Gasteiger partial charge is 0.335 e. The standard InChI is InChI=1S/C24H28O2/c1-15-11-21-19(13-23(3,4)14-24(21,5)6)12-20(15)16(2)17-7-9-18(10-8-17)22(25)26/h7-12H,2,13-14H2,1,3-6H3,(H,25,26). The van der Waals surface area contributed by atoms with Crippen LogP contribution in [0.5, 0.6) is 0 Å². The van der Waals surface area contributed by atoms with E-state index in [0.29, 0.717) is 5.56 Å². The molecule has 0 bridgehead atoms. The summed E-state index contributed by atoms with van der Waals surface area (Å²) in [4.78, 5) is 11.1. The summed E-state index contributed by atoms with van der Waals surface area (Å²) in [5, 5.41) is 9.08. The van der Waals surface area contributed by atoms with Crippen molar-refractivity contribution in [2.45, 2.75) is 52.9 Å². The lowest BCUT2D eigenvalue weighted by Crippen LogP contribution is -2.35. The minimum Gasteiger partial charge on any atom is -0.478 e. The molecule has 2 aromatic carbocycles. The van der Waals surface area contributed by atoms with E-state index in [1.165, 1.54) is 23.1 Å². The van der Waals surface area contributed by atoms with Crippen molar-refractivity contribution in [1.82, 2.24) is 0 Å². The van der Waals surface area contributed by atoms with Crippen molar-refractivity contribution in [2.75, 3.05) is 0 Å². The number of hydrogen-bond acceptors (Lipinski definition) is 1. The molecular formula is C24H28O2. The molecule has 0 radical (unpaired) electrons. The number of hydrogen-bond donors (Lipinski definition) is 1. The first-order valence-corrected chi connectivity index (χ1v) is 9.17. The van der Waals surface area contributed by atoms with Crippen molar-refractivity contribution >= 4 is 11.5 Å². The van der Waals surface area contributed by atoms with Crippen LogP contribution in [-0.2, 0) is 11.8 Å². The Hall–Kier alpha value is -2.35. The summed E-state index contributed by atoms with van der Waals surface area (Å²) in [7, 11) is 0. The molecule has 1 N–H and O–H groups in total. The first kappa shape index (κ1) is 18.4. The van der Waals surface area contributed by atoms with Crippen LogP contribution < -0.4 is 0 Å². The molecule has 136 valence electrons. The number of aromatic carboxylic acids is 1. The summed E-state index contributed by atoms with van der Waals surface area (Å²) in [6, 6.07) is 11.6. The summed E-state index contributed by atoms with van der Waals surface area (Å²) in [5.41, 5.74) is 7.91. The zero-order chi connectivity index (χ0) is 19.3. The molecule has 3 rings (SSSR count). The second kappa shape index (κ2) is 6.12. The highest BCUT2D eigenvalue weighted by molar-refractivity contribution is 5.89. The van der Waals surface area contributed by atoms with Gasteiger partial charge in [0.2, 0.25) is 0 Å². The number of rotatable bonds is 3. The molecule has 0 fully saturated rings. The Balaban J connectivity index is 2.04. The van der Waals surface area contributed by atoms with Gasteiger partial charge in [0, 0.05) is 0 Å². The maximum atomic E-state index is 11.1. The first-order chi connectivity index (χ1) is 12.0. The third-order valence-corrected chi connectivity index (χ3v) is 5.57. The van der Waals surface area contributed by atoms with Crippen LogP contribution in [0.15, 0.2) is 43.0 Å². The normalized spacial score (nSPS) is 17.4. The van der Waals surface area contributed by atoms with E-state index in [1.54, 1.807) is 12.1 Å². The molecule has 0 atom stereocenters. The molecule has 0 aliphatic heterocycles. The van der Waals surface area contributed by atoms with E-state index in [2.05, 4.69) is 53.3 Å². The van der Waals surface area contributed by atoms with E-state index in [9.17, 15) is 4.79 Å². The largest absolute Gasteiger partial charge is 0.478 e. The van der Waals surface area contributed by atoms with Crippen LogP contribution >= 0.6 is 0 Å². The Morgan fingerprint density at radius 3 is 2.19 bits per heavy atom. The van der Waals surface area contributed by atoms with Gasteiger partial charge in [0.15, 0.2) is 0 Å². The molecule has 0 spiro atoms. The fraction of sp³-hybridized carbons (Fsp3) is 0.375. The average Bonchev–Trinajstić information content (AvgIpc) is 2.53. The van der Waals surface area contributed by atoms with Crippen LogP contribution in [0.25, 0.3) is 5.57 Å². The molecular weight excluding hydrogens is 320 g/mol. The van der Waals surface area contributed by atoms with Crippen molar-refractivity contribution in [3.8, 4) is 0 Å². The molecule has 0 aromatic heterocycles. The van der Waals surface area contributed by atoms with Gasteiger partial charge in [-0.25, -0.2) is 4.79 Å². The Kier molecular flexibility index (Phi) is 4.34. The molecule has 26 heavy (non-hydrogen) atoms. The number of carboxylic acids is 1. The van der Waals surface area contributed by atoms with Crippen LogP contribution in [0, 0.1) is 12.3 Å². The van der Waals surface area contributed by atoms with E-state index in [-0.39, 0.29) is 10.8 Å². The van der Waals surface area contributed by atoms with Gasteiger partial charge in [-0.3, -0.25) is 0 Å². The topological polar surface area (TPSA) is 37.3 Å². The third-order valence-electron chi connectivity index (χ3n) is 5.57. The summed E-state index contributed by atoms with van der Waals surface area (Å²) < 4.78 is 0. The lowest BCUT2D eigenvalue weighted by molar-refractivity contribution is 0.0697. The molecule has 1 aliphatic rings. The predicted octanol–water partition coefficient (Wildman–Crippen LogP) is 6.00. The Bertz CT molecular complexity index is 883. The predicted molar refractivity (Wildman–Crippen MR) is 108 cm³/mol. The highest BCUT2D eigenvalue weighted by atomic mass is 16.4. The molecule has 0 saturated heterocycles. The molecule has 0 unspecified atom stereocenters. The molecule has 2 aromatic rings. The van der Waals surface area contributed by atoms with Crippen LogP contribution in [0.1, 0.15) is 72.3 Å². The third kappa shape index (κ3) is 3.33. The second-order valence-electron chi connectivity index (χ2n) is 9.09. The molecule has 1 aliphatic carbocycles. The van der Waals surface area contributed by atoms with Crippen LogP contribution in [0.2, 0.25) is 0 Å². The number of fused-ring (bicyclic) bond motifs is 1. The van der Waals surface area contributed by atoms with Gasteiger partial charge < -0.3 is 5.11 Å². The minimum absolute atomic E-state index is 0.171. The zero-order valence-corrected chi connectivity index (χ0v) is 16.4. The van der Waals surface area contributed by atoms with Gasteiger partial charge in [-0.2, -0.15) is 0 Å². The van der Waals surface area contributed by atoms with Gasteiger partial charge in [0.25, 0.3) is 0 Å². The van der Waals surface area contributed by atoms with Crippen LogP contribution in [-0.4, -0.2) is 11.1 Å². The van der Waals surface area contributed by atoms with Crippen molar-refractivity contribution in [1.29, 1.82) is 0 Å². The second-order valence-corrected chi connectivity index (χ2v) is 9.09. The summed E-state index contributed by atoms with van der Waals surface area (Å²) in [6.45, 7) is 15.8. The molecule has 2 nitrogen and oxygen atoms in total. The van der Waals surface area contributed by atoms with E-state index in [0.717, 1.165) is 23.1 Å². The van der Waals surface area contributed by atoms with Crippen molar-refractivity contribution in [3.05, 3.63) is 76.4 Å². The van der Waals surface area contributed by atoms with Gasteiger partial charge in [0.1, 0.15) is 0 Å². The van der Waals surface area contributed by atoms with E-state index < -0.39 is 5.97 Å². The highest BCUT2D eigenvalue weighted by Gasteiger charge is 2.37. The molecule has 0 heterocycles. The fourth-order valence-electron chi connectivity index (χ4n) is 4.69. The summed E-state index contributed by atoms with van der Waals surface area (Å²) in [5.74, 6) is -0.906. The lowest BCUT2D eigenvalue weighted by atomic mass is 9.62. The van der Waals surface area contributed by atoms with Gasteiger partial charge in [-0.05, 0) is 76.1 Å². The molecule has 2 heteroatoms. The minimum atomic E-state index is -0.906. The van der Waals surface area contributed by atoms with Gasteiger partial charge >= 0.3 is 5.97 Å². The quantitative estimate of drug-likeness (QED) is 0.738. The number of benzene rings is 2. The fourth-order valence-corrected chi connectivity index (χ4v) is 4.69. The number of carboxylic acid groups (broad SMARTS) is 1. The van der Waals surface area contributed by atoms with Crippen molar-refractivity contribution < 1.29 is 9.90 Å². The van der Waals surface area contributed by atoms with Gasteiger partial charge in [-0.1, -0.05) is 58.5 Å².